The Balaban J connectivity index is 1.82. The van der Waals surface area contributed by atoms with Gasteiger partial charge in [-0.1, -0.05) is 36.4 Å². The summed E-state index contributed by atoms with van der Waals surface area (Å²) < 4.78 is 16.9. The zero-order valence-electron chi connectivity index (χ0n) is 18.3. The first-order chi connectivity index (χ1) is 15.0. The van der Waals surface area contributed by atoms with E-state index < -0.39 is 0 Å². The molecule has 3 aromatic carbocycles. The van der Waals surface area contributed by atoms with Crippen LogP contribution in [-0.4, -0.2) is 33.7 Å². The molecule has 1 amide bonds. The van der Waals surface area contributed by atoms with Gasteiger partial charge in [-0.05, 0) is 42.8 Å². The standard InChI is InChI=1S/C25H28N2O4/c1-5-27(2)21-13-9-12-20(16-21)26-25(28)19-14-22(29-3)24(23(15-19)30-4)31-17-18-10-7-6-8-11-18/h6-16H,5,17H2,1-4H3,(H,26,28). The van der Waals surface area contributed by atoms with Gasteiger partial charge in [0.15, 0.2) is 11.5 Å². The molecule has 31 heavy (non-hydrogen) atoms. The van der Waals surface area contributed by atoms with E-state index in [0.717, 1.165) is 17.8 Å². The first-order valence-electron chi connectivity index (χ1n) is 10.1. The molecule has 0 aliphatic rings. The molecule has 0 heterocycles. The highest BCUT2D eigenvalue weighted by Crippen LogP contribution is 2.39. The molecule has 0 bridgehead atoms. The Morgan fingerprint density at radius 1 is 0.935 bits per heavy atom. The summed E-state index contributed by atoms with van der Waals surface area (Å²) in [5.41, 5.74) is 3.17. The molecule has 0 aliphatic heterocycles. The number of hydrogen-bond donors (Lipinski definition) is 1. The average molecular weight is 421 g/mol. The lowest BCUT2D eigenvalue weighted by Gasteiger charge is -2.18. The van der Waals surface area contributed by atoms with E-state index in [1.807, 2.05) is 61.6 Å². The van der Waals surface area contributed by atoms with Gasteiger partial charge in [0.25, 0.3) is 5.91 Å². The van der Waals surface area contributed by atoms with E-state index in [4.69, 9.17) is 14.2 Å². The Hall–Kier alpha value is -3.67. The quantitative estimate of drug-likeness (QED) is 0.528. The van der Waals surface area contributed by atoms with Crippen LogP contribution in [0.2, 0.25) is 0 Å². The lowest BCUT2D eigenvalue weighted by molar-refractivity contribution is 0.102. The van der Waals surface area contributed by atoms with Crippen molar-refractivity contribution in [2.45, 2.75) is 13.5 Å². The van der Waals surface area contributed by atoms with Crippen molar-refractivity contribution in [3.8, 4) is 17.2 Å². The largest absolute Gasteiger partial charge is 0.493 e. The molecule has 162 valence electrons. The van der Waals surface area contributed by atoms with Gasteiger partial charge >= 0.3 is 0 Å². The van der Waals surface area contributed by atoms with Crippen LogP contribution in [0.4, 0.5) is 11.4 Å². The highest BCUT2D eigenvalue weighted by atomic mass is 16.5. The summed E-state index contributed by atoms with van der Waals surface area (Å²) in [6.45, 7) is 3.30. The number of anilines is 2. The SMILES string of the molecule is CCN(C)c1cccc(NC(=O)c2cc(OC)c(OCc3ccccc3)c(OC)c2)c1. The zero-order valence-corrected chi connectivity index (χ0v) is 18.3. The smallest absolute Gasteiger partial charge is 0.255 e. The van der Waals surface area contributed by atoms with Crippen LogP contribution in [0.1, 0.15) is 22.8 Å². The minimum atomic E-state index is -0.262. The fraction of sp³-hybridized carbons (Fsp3) is 0.240. The fourth-order valence-electron chi connectivity index (χ4n) is 3.09. The molecular weight excluding hydrogens is 392 g/mol. The number of benzene rings is 3. The van der Waals surface area contributed by atoms with Crippen molar-refractivity contribution < 1.29 is 19.0 Å². The number of methoxy groups -OCH3 is 2. The maximum absolute atomic E-state index is 12.9. The summed E-state index contributed by atoms with van der Waals surface area (Å²) in [6, 6.07) is 20.8. The highest BCUT2D eigenvalue weighted by molar-refractivity contribution is 6.05. The Bertz CT molecular complexity index is 996. The molecule has 0 saturated carbocycles. The molecule has 1 N–H and O–H groups in total. The van der Waals surface area contributed by atoms with E-state index in [0.29, 0.717) is 35.1 Å². The third-order valence-electron chi connectivity index (χ3n) is 4.97. The predicted octanol–water partition coefficient (Wildman–Crippen LogP) is 4.99. The molecule has 0 atom stereocenters. The molecule has 0 aliphatic carbocycles. The number of rotatable bonds is 9. The number of carbonyl (C=O) groups excluding carboxylic acids is 1. The van der Waals surface area contributed by atoms with Gasteiger partial charge in [0.05, 0.1) is 14.2 Å². The van der Waals surface area contributed by atoms with Gasteiger partial charge in [0.1, 0.15) is 6.61 Å². The van der Waals surface area contributed by atoms with Gasteiger partial charge in [-0.15, -0.1) is 0 Å². The van der Waals surface area contributed by atoms with Gasteiger partial charge in [0.2, 0.25) is 5.75 Å². The average Bonchev–Trinajstić information content (AvgIpc) is 2.82. The Morgan fingerprint density at radius 2 is 1.61 bits per heavy atom. The van der Waals surface area contributed by atoms with E-state index in [9.17, 15) is 4.79 Å². The number of carbonyl (C=O) groups is 1. The summed E-state index contributed by atoms with van der Waals surface area (Å²) in [4.78, 5) is 15.0. The third-order valence-corrected chi connectivity index (χ3v) is 4.97. The zero-order chi connectivity index (χ0) is 22.2. The van der Waals surface area contributed by atoms with Crippen LogP contribution in [-0.2, 0) is 6.61 Å². The van der Waals surface area contributed by atoms with Crippen LogP contribution in [0.15, 0.2) is 66.7 Å². The van der Waals surface area contributed by atoms with E-state index in [1.165, 1.54) is 14.2 Å². The van der Waals surface area contributed by atoms with Crippen LogP contribution in [0.25, 0.3) is 0 Å². The Morgan fingerprint density at radius 3 is 2.23 bits per heavy atom. The monoisotopic (exact) mass is 420 g/mol. The molecular formula is C25H28N2O4. The lowest BCUT2D eigenvalue weighted by atomic mass is 10.1. The maximum Gasteiger partial charge on any atom is 0.255 e. The lowest BCUT2D eigenvalue weighted by Crippen LogP contribution is -2.17. The number of amides is 1. The van der Waals surface area contributed by atoms with Crippen LogP contribution in [0.3, 0.4) is 0 Å². The normalized spacial score (nSPS) is 10.3. The predicted molar refractivity (Wildman–Crippen MR) is 124 cm³/mol. The highest BCUT2D eigenvalue weighted by Gasteiger charge is 2.18. The Kier molecular flexibility index (Phi) is 7.38. The minimum Gasteiger partial charge on any atom is -0.493 e. The molecule has 6 heteroatoms. The summed E-state index contributed by atoms with van der Waals surface area (Å²) in [5, 5.41) is 2.94. The maximum atomic E-state index is 12.9. The van der Waals surface area contributed by atoms with Crippen molar-refractivity contribution >= 4 is 17.3 Å². The van der Waals surface area contributed by atoms with Gasteiger partial charge < -0.3 is 24.4 Å². The molecule has 0 radical (unpaired) electrons. The number of ether oxygens (including phenoxy) is 3. The summed E-state index contributed by atoms with van der Waals surface area (Å²) in [7, 11) is 5.08. The molecule has 3 rings (SSSR count). The minimum absolute atomic E-state index is 0.262. The van der Waals surface area contributed by atoms with E-state index in [2.05, 4.69) is 17.1 Å². The summed E-state index contributed by atoms with van der Waals surface area (Å²) in [6.07, 6.45) is 0. The van der Waals surface area contributed by atoms with E-state index >= 15 is 0 Å². The number of nitrogens with one attached hydrogen (secondary N) is 1. The van der Waals surface area contributed by atoms with Crippen molar-refractivity contribution in [1.29, 1.82) is 0 Å². The molecule has 0 spiro atoms. The van der Waals surface area contributed by atoms with Crippen LogP contribution < -0.4 is 24.4 Å². The summed E-state index contributed by atoms with van der Waals surface area (Å²) in [5.74, 6) is 1.05. The second-order valence-electron chi connectivity index (χ2n) is 7.00. The Labute approximate surface area is 183 Å². The van der Waals surface area contributed by atoms with Gasteiger partial charge in [-0.25, -0.2) is 0 Å². The molecule has 0 saturated heterocycles. The van der Waals surface area contributed by atoms with Crippen molar-refractivity contribution in [1.82, 2.24) is 0 Å². The van der Waals surface area contributed by atoms with Crippen LogP contribution in [0.5, 0.6) is 17.2 Å². The summed E-state index contributed by atoms with van der Waals surface area (Å²) >= 11 is 0. The molecule has 3 aromatic rings. The first-order valence-corrected chi connectivity index (χ1v) is 10.1. The molecule has 6 nitrogen and oxygen atoms in total. The fourth-order valence-corrected chi connectivity index (χ4v) is 3.09. The first kappa shape index (κ1) is 22.0. The van der Waals surface area contributed by atoms with Crippen molar-refractivity contribution in [2.24, 2.45) is 0 Å². The van der Waals surface area contributed by atoms with Gasteiger partial charge in [-0.3, -0.25) is 4.79 Å². The second-order valence-corrected chi connectivity index (χ2v) is 7.00. The second kappa shape index (κ2) is 10.4. The molecule has 0 fully saturated rings. The van der Waals surface area contributed by atoms with E-state index in [-0.39, 0.29) is 5.91 Å². The number of hydrogen-bond acceptors (Lipinski definition) is 5. The molecule has 0 unspecified atom stereocenters. The van der Waals surface area contributed by atoms with Crippen LogP contribution in [0, 0.1) is 0 Å². The van der Waals surface area contributed by atoms with Crippen molar-refractivity contribution in [2.75, 3.05) is 38.0 Å². The van der Waals surface area contributed by atoms with Crippen molar-refractivity contribution in [3.63, 3.8) is 0 Å². The van der Waals surface area contributed by atoms with Crippen LogP contribution >= 0.6 is 0 Å². The molecule has 0 aromatic heterocycles. The van der Waals surface area contributed by atoms with Gasteiger partial charge in [0, 0.05) is 30.5 Å². The number of nitrogens with zero attached hydrogens (tertiary/aromatic N) is 1. The van der Waals surface area contributed by atoms with E-state index in [1.54, 1.807) is 12.1 Å². The van der Waals surface area contributed by atoms with Gasteiger partial charge in [-0.2, -0.15) is 0 Å². The topological polar surface area (TPSA) is 60.0 Å². The third kappa shape index (κ3) is 5.48. The van der Waals surface area contributed by atoms with Crippen molar-refractivity contribution in [3.05, 3.63) is 77.9 Å².